The maximum absolute atomic E-state index is 12.6. The highest BCUT2D eigenvalue weighted by atomic mass is 32.2. The maximum Gasteiger partial charge on any atom is 0.313 e. The van der Waals surface area contributed by atoms with Crippen LogP contribution in [0.1, 0.15) is 20.8 Å². The number of hydrogen-bond donors (Lipinski definition) is 1. The molecule has 148 valence electrons. The molecular formula is C18H20N4O4S2. The fraction of sp³-hybridized carbons (Fsp3) is 0.278. The van der Waals surface area contributed by atoms with Gasteiger partial charge in [0.25, 0.3) is 10.0 Å². The second-order valence-corrected chi connectivity index (χ2v) is 10.0. The second-order valence-electron chi connectivity index (χ2n) is 7.02. The fourth-order valence-corrected chi connectivity index (χ4v) is 4.46. The van der Waals surface area contributed by atoms with Crippen LogP contribution in [0.4, 0.5) is 5.69 Å². The van der Waals surface area contributed by atoms with Crippen molar-refractivity contribution in [2.24, 2.45) is 5.41 Å². The first kappa shape index (κ1) is 20.0. The van der Waals surface area contributed by atoms with Crippen LogP contribution in [0.2, 0.25) is 0 Å². The van der Waals surface area contributed by atoms with Gasteiger partial charge in [-0.1, -0.05) is 6.07 Å². The van der Waals surface area contributed by atoms with Gasteiger partial charge in [-0.3, -0.25) is 14.5 Å². The molecule has 1 N–H and O–H groups in total. The van der Waals surface area contributed by atoms with Crippen molar-refractivity contribution in [2.75, 3.05) is 4.72 Å². The number of pyridine rings is 1. The molecule has 10 heteroatoms. The molecule has 0 aliphatic rings. The summed E-state index contributed by atoms with van der Waals surface area (Å²) in [5.41, 5.74) is 0.365. The van der Waals surface area contributed by atoms with Crippen LogP contribution in [0.15, 0.2) is 53.1 Å². The third-order valence-corrected chi connectivity index (χ3v) is 6.57. The van der Waals surface area contributed by atoms with Gasteiger partial charge in [0.05, 0.1) is 34.1 Å². The van der Waals surface area contributed by atoms with Gasteiger partial charge >= 0.3 is 5.97 Å². The van der Waals surface area contributed by atoms with Crippen LogP contribution in [-0.2, 0) is 26.3 Å². The number of sulfonamides is 1. The minimum absolute atomic E-state index is 0.0966. The van der Waals surface area contributed by atoms with Gasteiger partial charge in [0, 0.05) is 6.20 Å². The van der Waals surface area contributed by atoms with E-state index in [0.717, 1.165) is 16.2 Å². The molecule has 0 saturated heterocycles. The number of nitrogens with zero attached hydrogens (tertiary/aromatic N) is 3. The average Bonchev–Trinajstić information content (AvgIpc) is 3.29. The first-order chi connectivity index (χ1) is 13.1. The number of carbonyl (C=O) groups excluding carboxylic acids is 1. The third kappa shape index (κ3) is 4.76. The lowest BCUT2D eigenvalue weighted by molar-refractivity contribution is -0.157. The Morgan fingerprint density at radius 3 is 2.71 bits per heavy atom. The predicted octanol–water partition coefficient (Wildman–Crippen LogP) is 3.35. The van der Waals surface area contributed by atoms with Crippen LogP contribution < -0.4 is 4.72 Å². The molecule has 0 aliphatic carbocycles. The molecule has 0 unspecified atom stereocenters. The van der Waals surface area contributed by atoms with E-state index in [-0.39, 0.29) is 22.6 Å². The van der Waals surface area contributed by atoms with Crippen molar-refractivity contribution in [3.8, 4) is 10.6 Å². The molecule has 0 aliphatic heterocycles. The van der Waals surface area contributed by atoms with Crippen LogP contribution in [0, 0.1) is 5.41 Å². The van der Waals surface area contributed by atoms with Gasteiger partial charge in [-0.2, -0.15) is 5.10 Å². The molecule has 0 aromatic carbocycles. The lowest BCUT2D eigenvalue weighted by Gasteiger charge is -2.16. The highest BCUT2D eigenvalue weighted by Crippen LogP contribution is 2.30. The van der Waals surface area contributed by atoms with Crippen molar-refractivity contribution < 1.29 is 17.9 Å². The van der Waals surface area contributed by atoms with Gasteiger partial charge in [0.1, 0.15) is 4.21 Å². The Hall–Kier alpha value is -2.72. The van der Waals surface area contributed by atoms with Crippen LogP contribution >= 0.6 is 11.3 Å². The Morgan fingerprint density at radius 1 is 1.25 bits per heavy atom. The number of carbonyl (C=O) groups is 1. The molecule has 0 atom stereocenters. The van der Waals surface area contributed by atoms with Crippen LogP contribution in [0.3, 0.4) is 0 Å². The van der Waals surface area contributed by atoms with E-state index in [1.165, 1.54) is 23.1 Å². The number of aromatic nitrogens is 3. The molecule has 8 nitrogen and oxygen atoms in total. The highest BCUT2D eigenvalue weighted by molar-refractivity contribution is 7.94. The molecule has 0 amide bonds. The minimum atomic E-state index is -3.76. The summed E-state index contributed by atoms with van der Waals surface area (Å²) in [5.74, 6) is -0.370. The number of anilines is 1. The second kappa shape index (κ2) is 7.72. The van der Waals surface area contributed by atoms with Crippen molar-refractivity contribution in [3.63, 3.8) is 0 Å². The summed E-state index contributed by atoms with van der Waals surface area (Å²) >= 11 is 1.13. The molecule has 0 spiro atoms. The Kier molecular flexibility index (Phi) is 5.52. The number of rotatable bonds is 6. The zero-order chi connectivity index (χ0) is 20.4. The van der Waals surface area contributed by atoms with Crippen molar-refractivity contribution in [3.05, 3.63) is 48.9 Å². The molecule has 28 heavy (non-hydrogen) atoms. The standard InChI is InChI=1S/C18H20N4O4S2/c1-18(2,3)17(23)26-12-22-11-13(10-20-22)21-28(24,25)16-8-7-15(27-16)14-6-4-5-9-19-14/h4-11,21H,12H2,1-3H3. The van der Waals surface area contributed by atoms with E-state index in [1.807, 2.05) is 12.1 Å². The zero-order valence-electron chi connectivity index (χ0n) is 15.6. The zero-order valence-corrected chi connectivity index (χ0v) is 17.3. The van der Waals surface area contributed by atoms with E-state index in [9.17, 15) is 13.2 Å². The highest BCUT2D eigenvalue weighted by Gasteiger charge is 2.23. The van der Waals surface area contributed by atoms with Gasteiger partial charge < -0.3 is 4.74 Å². The van der Waals surface area contributed by atoms with E-state index < -0.39 is 15.4 Å². The Balaban J connectivity index is 1.68. The quantitative estimate of drug-likeness (QED) is 0.614. The van der Waals surface area contributed by atoms with Gasteiger partial charge in [0.15, 0.2) is 6.73 Å². The van der Waals surface area contributed by atoms with Gasteiger partial charge in [-0.15, -0.1) is 11.3 Å². The summed E-state index contributed by atoms with van der Waals surface area (Å²) in [6, 6.07) is 8.71. The van der Waals surface area contributed by atoms with E-state index >= 15 is 0 Å². The average molecular weight is 421 g/mol. The van der Waals surface area contributed by atoms with Gasteiger partial charge in [-0.25, -0.2) is 13.1 Å². The Bertz CT molecular complexity index is 1070. The molecular weight excluding hydrogens is 400 g/mol. The lowest BCUT2D eigenvalue weighted by Crippen LogP contribution is -2.24. The minimum Gasteiger partial charge on any atom is -0.442 e. The van der Waals surface area contributed by atoms with E-state index in [1.54, 1.807) is 39.1 Å². The van der Waals surface area contributed by atoms with Crippen molar-refractivity contribution in [2.45, 2.75) is 31.7 Å². The number of hydrogen-bond acceptors (Lipinski definition) is 7. The molecule has 0 saturated carbocycles. The molecule has 0 fully saturated rings. The fourth-order valence-electron chi connectivity index (χ4n) is 2.14. The number of esters is 1. The summed E-state index contributed by atoms with van der Waals surface area (Å²) in [4.78, 5) is 16.8. The van der Waals surface area contributed by atoms with Crippen molar-refractivity contribution in [1.82, 2.24) is 14.8 Å². The van der Waals surface area contributed by atoms with Crippen LogP contribution in [0.5, 0.6) is 0 Å². The van der Waals surface area contributed by atoms with Crippen molar-refractivity contribution in [1.29, 1.82) is 0 Å². The molecule has 3 aromatic heterocycles. The largest absolute Gasteiger partial charge is 0.442 e. The van der Waals surface area contributed by atoms with Gasteiger partial charge in [-0.05, 0) is 45.0 Å². The molecule has 3 rings (SSSR count). The van der Waals surface area contributed by atoms with Crippen molar-refractivity contribution >= 4 is 33.0 Å². The molecule has 0 radical (unpaired) electrons. The molecule has 0 bridgehead atoms. The van der Waals surface area contributed by atoms with Crippen LogP contribution in [-0.4, -0.2) is 29.2 Å². The summed E-state index contributed by atoms with van der Waals surface area (Å²) in [5, 5.41) is 4.01. The Labute approximate surface area is 167 Å². The third-order valence-electron chi connectivity index (χ3n) is 3.59. The first-order valence-electron chi connectivity index (χ1n) is 8.39. The monoisotopic (exact) mass is 420 g/mol. The Morgan fingerprint density at radius 2 is 2.04 bits per heavy atom. The van der Waals surface area contributed by atoms with Crippen LogP contribution in [0.25, 0.3) is 10.6 Å². The van der Waals surface area contributed by atoms with E-state index in [4.69, 9.17) is 4.74 Å². The van der Waals surface area contributed by atoms with Gasteiger partial charge in [0.2, 0.25) is 0 Å². The topological polar surface area (TPSA) is 103 Å². The number of ether oxygens (including phenoxy) is 1. The van der Waals surface area contributed by atoms with E-state index in [2.05, 4.69) is 14.8 Å². The predicted molar refractivity (Wildman–Crippen MR) is 106 cm³/mol. The lowest BCUT2D eigenvalue weighted by atomic mass is 9.98. The van der Waals surface area contributed by atoms with E-state index in [0.29, 0.717) is 5.69 Å². The summed E-state index contributed by atoms with van der Waals surface area (Å²) in [7, 11) is -3.76. The number of nitrogens with one attached hydrogen (secondary N) is 1. The summed E-state index contributed by atoms with van der Waals surface area (Å²) in [6.45, 7) is 5.15. The molecule has 3 heterocycles. The summed E-state index contributed by atoms with van der Waals surface area (Å²) in [6.07, 6.45) is 4.47. The smallest absolute Gasteiger partial charge is 0.313 e. The SMILES string of the molecule is CC(C)(C)C(=O)OCn1cc(NS(=O)(=O)c2ccc(-c3ccccn3)s2)cn1. The first-order valence-corrected chi connectivity index (χ1v) is 10.7. The normalized spacial score (nSPS) is 12.0. The maximum atomic E-state index is 12.6. The number of thiophene rings is 1. The molecule has 3 aromatic rings. The summed E-state index contributed by atoms with van der Waals surface area (Å²) < 4.78 is 34.4.